The Labute approximate surface area is 399 Å². The fraction of sp³-hybridized carbons (Fsp3) is 0.0448. The Morgan fingerprint density at radius 1 is 0.250 bits per heavy atom. The smallest absolute Gasteiger partial charge is 0.0465 e. The summed E-state index contributed by atoms with van der Waals surface area (Å²) in [6.07, 6.45) is 0. The molecule has 68 heavy (non-hydrogen) atoms. The van der Waals surface area contributed by atoms with Gasteiger partial charge in [0, 0.05) is 22.5 Å². The van der Waals surface area contributed by atoms with Gasteiger partial charge in [-0.1, -0.05) is 232 Å². The minimum atomic E-state index is -0.206. The normalized spacial score (nSPS) is 12.4. The third-order valence-corrected chi connectivity index (χ3v) is 14.1. The first-order chi connectivity index (χ1) is 33.4. The van der Waals surface area contributed by atoms with Gasteiger partial charge in [0.15, 0.2) is 0 Å². The van der Waals surface area contributed by atoms with Crippen LogP contribution in [0.3, 0.4) is 0 Å². The van der Waals surface area contributed by atoms with Crippen molar-refractivity contribution in [3.63, 3.8) is 0 Å². The Bertz CT molecular complexity index is 3560. The Kier molecular flexibility index (Phi) is 10.3. The van der Waals surface area contributed by atoms with Crippen molar-refractivity contribution in [2.75, 3.05) is 4.90 Å². The zero-order chi connectivity index (χ0) is 45.6. The van der Waals surface area contributed by atoms with Crippen LogP contribution in [0.5, 0.6) is 0 Å². The van der Waals surface area contributed by atoms with Crippen LogP contribution in [0.4, 0.5) is 17.1 Å². The van der Waals surface area contributed by atoms with E-state index in [-0.39, 0.29) is 5.41 Å². The molecule has 1 aliphatic carbocycles. The molecule has 1 nitrogen and oxygen atoms in total. The quantitative estimate of drug-likeness (QED) is 0.140. The van der Waals surface area contributed by atoms with E-state index in [0.717, 1.165) is 17.1 Å². The second-order valence-electron chi connectivity index (χ2n) is 18.5. The van der Waals surface area contributed by atoms with Crippen molar-refractivity contribution in [2.45, 2.75) is 19.3 Å². The lowest BCUT2D eigenvalue weighted by Gasteiger charge is -2.28. The van der Waals surface area contributed by atoms with E-state index in [4.69, 9.17) is 0 Å². The maximum atomic E-state index is 2.44. The topological polar surface area (TPSA) is 3.24 Å². The summed E-state index contributed by atoms with van der Waals surface area (Å²) in [5.74, 6) is 0. The number of nitrogens with zero attached hydrogens (tertiary/aromatic N) is 1. The SMILES string of the molecule is CC1(C)c2cc(-c3cccc4ccccc34)ccc2-c2ccc(N(c3ccc(-c4ccc(-c5ccccc5)cc4)cc3)c3ccc(-c4ccc(-c5ccc(-c6ccccc6)cc5)cc4)cc3)cc21. The molecule has 0 heterocycles. The van der Waals surface area contributed by atoms with Crippen LogP contribution in [0.1, 0.15) is 25.0 Å². The van der Waals surface area contributed by atoms with Crippen molar-refractivity contribution < 1.29 is 0 Å². The van der Waals surface area contributed by atoms with Crippen LogP contribution in [0.25, 0.3) is 88.7 Å². The highest BCUT2D eigenvalue weighted by Gasteiger charge is 2.36. The summed E-state index contributed by atoms with van der Waals surface area (Å²) < 4.78 is 0. The number of hydrogen-bond donors (Lipinski definition) is 0. The summed E-state index contributed by atoms with van der Waals surface area (Å²) in [6, 6.07) is 95.5. The second-order valence-corrected chi connectivity index (χ2v) is 18.5. The van der Waals surface area contributed by atoms with E-state index in [9.17, 15) is 0 Å². The zero-order valence-electron chi connectivity index (χ0n) is 38.3. The lowest BCUT2D eigenvalue weighted by molar-refractivity contribution is 0.660. The average Bonchev–Trinajstić information content (AvgIpc) is 3.64. The first kappa shape index (κ1) is 40.9. The molecule has 0 saturated carbocycles. The molecular weight excluding hydrogens is 819 g/mol. The fourth-order valence-corrected chi connectivity index (χ4v) is 10.4. The van der Waals surface area contributed by atoms with Crippen molar-refractivity contribution in [3.8, 4) is 77.9 Å². The van der Waals surface area contributed by atoms with E-state index in [2.05, 4.69) is 280 Å². The van der Waals surface area contributed by atoms with Crippen LogP contribution < -0.4 is 4.90 Å². The number of anilines is 3. The molecule has 0 spiro atoms. The molecule has 0 unspecified atom stereocenters. The maximum Gasteiger partial charge on any atom is 0.0465 e. The molecular formula is C67H49N. The number of rotatable bonds is 9. The van der Waals surface area contributed by atoms with Gasteiger partial charge in [-0.15, -0.1) is 0 Å². The number of fused-ring (bicyclic) bond motifs is 4. The largest absolute Gasteiger partial charge is 0.310 e. The van der Waals surface area contributed by atoms with Crippen LogP contribution in [-0.4, -0.2) is 0 Å². The Hall–Kier alpha value is -8.52. The summed E-state index contributed by atoms with van der Waals surface area (Å²) in [5, 5.41) is 2.54. The van der Waals surface area contributed by atoms with Crippen LogP contribution >= 0.6 is 0 Å². The first-order valence-corrected chi connectivity index (χ1v) is 23.6. The van der Waals surface area contributed by atoms with E-state index in [1.54, 1.807) is 0 Å². The van der Waals surface area contributed by atoms with Crippen LogP contribution in [-0.2, 0) is 5.41 Å². The van der Waals surface area contributed by atoms with Crippen LogP contribution in [0.2, 0.25) is 0 Å². The van der Waals surface area contributed by atoms with Crippen molar-refractivity contribution in [3.05, 3.63) is 272 Å². The standard InChI is InChI=1S/C67H49N/c1-67(2)65-44-57(62-19-11-17-56-16-9-10-18-61(56)62)36-42-63(65)64-43-41-60(45-66(64)67)68(58-37-32-54(33-38-58)52-26-22-49(23-27-52)47-14-7-4-8-15-47)59-39-34-55(35-40-59)53-30-28-51(29-31-53)50-24-20-48(21-25-50)46-12-5-3-6-13-46/h3-45H,1-2H3. The lowest BCUT2D eigenvalue weighted by atomic mass is 9.81. The molecule has 11 aromatic rings. The molecule has 0 atom stereocenters. The average molecular weight is 868 g/mol. The highest BCUT2D eigenvalue weighted by Crippen LogP contribution is 2.52. The van der Waals surface area contributed by atoms with E-state index < -0.39 is 0 Å². The molecule has 0 radical (unpaired) electrons. The molecule has 322 valence electrons. The predicted molar refractivity (Wildman–Crippen MR) is 289 cm³/mol. The molecule has 11 aromatic carbocycles. The van der Waals surface area contributed by atoms with Crippen LogP contribution in [0, 0.1) is 0 Å². The van der Waals surface area contributed by atoms with E-state index in [0.29, 0.717) is 0 Å². The Morgan fingerprint density at radius 3 is 1.06 bits per heavy atom. The van der Waals surface area contributed by atoms with Gasteiger partial charge in [-0.05, 0) is 142 Å². The van der Waals surface area contributed by atoms with Gasteiger partial charge in [0.2, 0.25) is 0 Å². The molecule has 0 aromatic heterocycles. The first-order valence-electron chi connectivity index (χ1n) is 23.6. The van der Waals surface area contributed by atoms with Crippen molar-refractivity contribution in [1.82, 2.24) is 0 Å². The fourth-order valence-electron chi connectivity index (χ4n) is 10.4. The zero-order valence-corrected chi connectivity index (χ0v) is 38.3. The van der Waals surface area contributed by atoms with E-state index in [1.165, 1.54) is 99.8 Å². The summed E-state index contributed by atoms with van der Waals surface area (Å²) in [5.41, 5.74) is 23.1. The summed E-state index contributed by atoms with van der Waals surface area (Å²) in [7, 11) is 0. The van der Waals surface area contributed by atoms with Crippen molar-refractivity contribution >= 4 is 27.8 Å². The molecule has 12 rings (SSSR count). The summed E-state index contributed by atoms with van der Waals surface area (Å²) in [4.78, 5) is 2.41. The molecule has 0 N–H and O–H groups in total. The van der Waals surface area contributed by atoms with Gasteiger partial charge < -0.3 is 4.90 Å². The third kappa shape index (κ3) is 7.49. The molecule has 0 fully saturated rings. The van der Waals surface area contributed by atoms with Crippen molar-refractivity contribution in [1.29, 1.82) is 0 Å². The summed E-state index contributed by atoms with van der Waals surface area (Å²) >= 11 is 0. The molecule has 0 aliphatic heterocycles. The second kappa shape index (κ2) is 17.0. The molecule has 0 amide bonds. The third-order valence-electron chi connectivity index (χ3n) is 14.1. The minimum Gasteiger partial charge on any atom is -0.310 e. The predicted octanol–water partition coefficient (Wildman–Crippen LogP) is 18.6. The Balaban J connectivity index is 0.878. The van der Waals surface area contributed by atoms with Gasteiger partial charge >= 0.3 is 0 Å². The molecule has 1 heteroatoms. The highest BCUT2D eigenvalue weighted by molar-refractivity contribution is 5.98. The van der Waals surface area contributed by atoms with Gasteiger partial charge in [0.1, 0.15) is 0 Å². The van der Waals surface area contributed by atoms with Gasteiger partial charge in [-0.2, -0.15) is 0 Å². The van der Waals surface area contributed by atoms with Gasteiger partial charge in [0.25, 0.3) is 0 Å². The van der Waals surface area contributed by atoms with E-state index in [1.807, 2.05) is 0 Å². The van der Waals surface area contributed by atoms with Crippen molar-refractivity contribution in [2.24, 2.45) is 0 Å². The molecule has 0 bridgehead atoms. The van der Waals surface area contributed by atoms with E-state index >= 15 is 0 Å². The number of hydrogen-bond acceptors (Lipinski definition) is 1. The molecule has 0 saturated heterocycles. The lowest BCUT2D eigenvalue weighted by Crippen LogP contribution is -2.16. The maximum absolute atomic E-state index is 2.44. The number of benzene rings is 11. The van der Waals surface area contributed by atoms with Crippen LogP contribution in [0.15, 0.2) is 261 Å². The van der Waals surface area contributed by atoms with Gasteiger partial charge in [-0.3, -0.25) is 0 Å². The highest BCUT2D eigenvalue weighted by atomic mass is 15.1. The monoisotopic (exact) mass is 867 g/mol. The Morgan fingerprint density at radius 2 is 0.588 bits per heavy atom. The minimum absolute atomic E-state index is 0.206. The van der Waals surface area contributed by atoms with Gasteiger partial charge in [0.05, 0.1) is 0 Å². The van der Waals surface area contributed by atoms with Gasteiger partial charge in [-0.25, -0.2) is 0 Å². The summed E-state index contributed by atoms with van der Waals surface area (Å²) in [6.45, 7) is 4.77. The molecule has 1 aliphatic rings.